The number of Topliss-reactive ketones (excluding diaryl/α,β-unsaturated/α-hetero) is 1. The third kappa shape index (κ3) is 2.80. The molecule has 0 aromatic carbocycles. The second kappa shape index (κ2) is 3.74. The van der Waals surface area contributed by atoms with Crippen molar-refractivity contribution in [2.24, 2.45) is 0 Å². The quantitative estimate of drug-likeness (QED) is 0.703. The lowest BCUT2D eigenvalue weighted by molar-refractivity contribution is -0.330. The van der Waals surface area contributed by atoms with Gasteiger partial charge in [-0.3, -0.25) is 9.53 Å². The van der Waals surface area contributed by atoms with E-state index in [9.17, 15) is 18.0 Å². The van der Waals surface area contributed by atoms with E-state index in [0.717, 1.165) is 6.92 Å². The molecular formula is C6H5F3N2O3. The maximum atomic E-state index is 11.6. The van der Waals surface area contributed by atoms with Gasteiger partial charge in [-0.25, -0.2) is 4.63 Å². The first-order valence-electron chi connectivity index (χ1n) is 3.43. The summed E-state index contributed by atoms with van der Waals surface area (Å²) >= 11 is 0. The highest BCUT2D eigenvalue weighted by Gasteiger charge is 2.30. The number of nitrogens with zero attached hydrogens (tertiary/aromatic N) is 2. The maximum absolute atomic E-state index is 11.6. The van der Waals surface area contributed by atoms with Gasteiger partial charge in [0, 0.05) is 6.92 Å². The average molecular weight is 210 g/mol. The summed E-state index contributed by atoms with van der Waals surface area (Å²) in [6.45, 7) is 0.249. The van der Waals surface area contributed by atoms with Gasteiger partial charge in [-0.15, -0.1) is 13.2 Å². The minimum absolute atomic E-state index is 0.255. The fourth-order valence-electron chi connectivity index (χ4n) is 0.719. The topological polar surface area (TPSA) is 65.2 Å². The highest BCUT2D eigenvalue weighted by atomic mass is 19.4. The SMILES string of the molecule is CC(=O)c1nonc1COC(F)(F)F. The van der Waals surface area contributed by atoms with Gasteiger partial charge in [-0.2, -0.15) is 0 Å². The van der Waals surface area contributed by atoms with Crippen LogP contribution < -0.4 is 0 Å². The van der Waals surface area contributed by atoms with Crippen molar-refractivity contribution in [3.8, 4) is 0 Å². The first kappa shape index (κ1) is 10.6. The molecule has 0 aliphatic rings. The smallest absolute Gasteiger partial charge is 0.293 e. The summed E-state index contributed by atoms with van der Waals surface area (Å²) in [7, 11) is 0. The monoisotopic (exact) mass is 210 g/mol. The maximum Gasteiger partial charge on any atom is 0.522 e. The van der Waals surface area contributed by atoms with Crippen LogP contribution in [0, 0.1) is 0 Å². The lowest BCUT2D eigenvalue weighted by Crippen LogP contribution is -2.14. The van der Waals surface area contributed by atoms with E-state index in [0.29, 0.717) is 0 Å². The molecule has 14 heavy (non-hydrogen) atoms. The van der Waals surface area contributed by atoms with Gasteiger partial charge in [0.05, 0.1) is 0 Å². The number of hydrogen-bond acceptors (Lipinski definition) is 5. The summed E-state index contributed by atoms with van der Waals surface area (Å²) in [4.78, 5) is 10.8. The zero-order valence-electron chi connectivity index (χ0n) is 6.96. The molecule has 0 radical (unpaired) electrons. The molecule has 1 aromatic rings. The van der Waals surface area contributed by atoms with E-state index in [4.69, 9.17) is 0 Å². The van der Waals surface area contributed by atoms with E-state index >= 15 is 0 Å². The van der Waals surface area contributed by atoms with Gasteiger partial charge in [0.1, 0.15) is 12.3 Å². The van der Waals surface area contributed by atoms with Crippen molar-refractivity contribution >= 4 is 5.78 Å². The Hall–Kier alpha value is -1.44. The summed E-state index contributed by atoms with van der Waals surface area (Å²) in [5.41, 5.74) is -0.524. The molecule has 0 aliphatic heterocycles. The van der Waals surface area contributed by atoms with Gasteiger partial charge < -0.3 is 0 Å². The number of rotatable bonds is 3. The van der Waals surface area contributed by atoms with Crippen LogP contribution >= 0.6 is 0 Å². The van der Waals surface area contributed by atoms with Crippen LogP contribution in [0.3, 0.4) is 0 Å². The second-order valence-electron chi connectivity index (χ2n) is 2.35. The molecule has 0 amide bonds. The highest BCUT2D eigenvalue weighted by Crippen LogP contribution is 2.18. The molecule has 0 saturated heterocycles. The predicted molar refractivity (Wildman–Crippen MR) is 35.1 cm³/mol. The van der Waals surface area contributed by atoms with E-state index in [-0.39, 0.29) is 11.4 Å². The van der Waals surface area contributed by atoms with Crippen LogP contribution in [-0.2, 0) is 11.3 Å². The minimum atomic E-state index is -4.77. The fraction of sp³-hybridized carbons (Fsp3) is 0.500. The Morgan fingerprint density at radius 2 is 2.14 bits per heavy atom. The predicted octanol–water partition coefficient (Wildman–Crippen LogP) is 1.31. The number of ether oxygens (including phenoxy) is 1. The Kier molecular flexibility index (Phi) is 2.84. The molecule has 5 nitrogen and oxygen atoms in total. The zero-order valence-corrected chi connectivity index (χ0v) is 6.96. The molecule has 0 saturated carbocycles. The summed E-state index contributed by atoms with van der Waals surface area (Å²) in [6.07, 6.45) is -4.77. The summed E-state index contributed by atoms with van der Waals surface area (Å²) < 4.78 is 42.3. The Morgan fingerprint density at radius 1 is 1.50 bits per heavy atom. The number of carbonyl (C=O) groups excluding carboxylic acids is 1. The van der Waals surface area contributed by atoms with E-state index in [1.807, 2.05) is 0 Å². The highest BCUT2D eigenvalue weighted by molar-refractivity contribution is 5.92. The molecule has 0 bridgehead atoms. The van der Waals surface area contributed by atoms with Gasteiger partial charge in [0.2, 0.25) is 0 Å². The molecular weight excluding hydrogens is 205 g/mol. The second-order valence-corrected chi connectivity index (χ2v) is 2.35. The third-order valence-corrected chi connectivity index (χ3v) is 1.26. The van der Waals surface area contributed by atoms with Crippen molar-refractivity contribution in [3.63, 3.8) is 0 Å². The van der Waals surface area contributed by atoms with Crippen molar-refractivity contribution in [2.45, 2.75) is 19.9 Å². The van der Waals surface area contributed by atoms with E-state index < -0.39 is 18.8 Å². The Morgan fingerprint density at radius 3 is 2.64 bits per heavy atom. The number of hydrogen-bond donors (Lipinski definition) is 0. The van der Waals surface area contributed by atoms with E-state index in [1.165, 1.54) is 0 Å². The van der Waals surface area contributed by atoms with Gasteiger partial charge in [-0.05, 0) is 5.16 Å². The Bertz CT molecular complexity index is 333. The lowest BCUT2D eigenvalue weighted by Gasteiger charge is -2.04. The third-order valence-electron chi connectivity index (χ3n) is 1.26. The molecule has 78 valence electrons. The number of carbonyl (C=O) groups is 1. The van der Waals surface area contributed by atoms with Crippen LogP contribution in [0.2, 0.25) is 0 Å². The first-order chi connectivity index (χ1) is 6.40. The van der Waals surface area contributed by atoms with Gasteiger partial charge in [0.25, 0.3) is 0 Å². The zero-order chi connectivity index (χ0) is 10.8. The summed E-state index contributed by atoms with van der Waals surface area (Å²) in [5, 5.41) is 6.24. The van der Waals surface area contributed by atoms with Crippen LogP contribution in [0.1, 0.15) is 23.1 Å². The number of halogens is 3. The number of ketones is 1. The molecule has 1 heterocycles. The van der Waals surface area contributed by atoms with Crippen molar-refractivity contribution in [2.75, 3.05) is 0 Å². The van der Waals surface area contributed by atoms with Gasteiger partial charge in [0.15, 0.2) is 11.5 Å². The van der Waals surface area contributed by atoms with Crippen molar-refractivity contribution in [1.29, 1.82) is 0 Å². The number of alkyl halides is 3. The molecule has 1 rings (SSSR count). The van der Waals surface area contributed by atoms with Crippen LogP contribution in [0.5, 0.6) is 0 Å². The molecule has 0 unspecified atom stereocenters. The van der Waals surface area contributed by atoms with Crippen LogP contribution in [0.25, 0.3) is 0 Å². The molecule has 1 aromatic heterocycles. The van der Waals surface area contributed by atoms with Crippen LogP contribution in [0.15, 0.2) is 4.63 Å². The van der Waals surface area contributed by atoms with Gasteiger partial charge >= 0.3 is 6.36 Å². The van der Waals surface area contributed by atoms with Crippen molar-refractivity contribution in [3.05, 3.63) is 11.4 Å². The molecule has 0 atom stereocenters. The Labute approximate surface area is 75.8 Å². The lowest BCUT2D eigenvalue weighted by atomic mass is 10.2. The van der Waals surface area contributed by atoms with Gasteiger partial charge in [-0.1, -0.05) is 5.16 Å². The molecule has 0 fully saturated rings. The van der Waals surface area contributed by atoms with Crippen LogP contribution in [-0.4, -0.2) is 22.5 Å². The van der Waals surface area contributed by atoms with Crippen LogP contribution in [0.4, 0.5) is 13.2 Å². The van der Waals surface area contributed by atoms with E-state index in [2.05, 4.69) is 19.7 Å². The minimum Gasteiger partial charge on any atom is -0.293 e. The summed E-state index contributed by atoms with van der Waals surface area (Å²) in [6, 6.07) is 0. The normalized spacial score (nSPS) is 11.7. The molecule has 0 aliphatic carbocycles. The fourth-order valence-corrected chi connectivity index (χ4v) is 0.719. The largest absolute Gasteiger partial charge is 0.522 e. The molecule has 0 spiro atoms. The van der Waals surface area contributed by atoms with Crippen molar-refractivity contribution < 1.29 is 27.3 Å². The van der Waals surface area contributed by atoms with Crippen molar-refractivity contribution in [1.82, 2.24) is 10.3 Å². The summed E-state index contributed by atoms with van der Waals surface area (Å²) in [5.74, 6) is -0.535. The number of aromatic nitrogens is 2. The Balaban J connectivity index is 2.68. The van der Waals surface area contributed by atoms with E-state index in [1.54, 1.807) is 0 Å². The molecule has 8 heteroatoms. The standard InChI is InChI=1S/C6H5F3N2O3/c1-3(12)5-4(10-14-11-5)2-13-6(7,8)9/h2H2,1H3. The first-order valence-corrected chi connectivity index (χ1v) is 3.43. The average Bonchev–Trinajstić information content (AvgIpc) is 2.46. The molecule has 0 N–H and O–H groups in total.